The molecule has 0 aromatic carbocycles. The highest BCUT2D eigenvalue weighted by molar-refractivity contribution is 7.80. The summed E-state index contributed by atoms with van der Waals surface area (Å²) in [7, 11) is -4.77. The molecule has 7 atom stereocenters. The van der Waals surface area contributed by atoms with Crippen LogP contribution in [0.1, 0.15) is 58.8 Å². The fourth-order valence-electron chi connectivity index (χ4n) is 7.49. The predicted octanol–water partition coefficient (Wildman–Crippen LogP) is 1.61. The number of Topliss-reactive ketones (excluding diaryl/α,β-unsaturated/α-hetero) is 1. The first-order valence-electron chi connectivity index (χ1n) is 10.6. The van der Waals surface area contributed by atoms with Gasteiger partial charge in [-0.25, -0.2) is 4.18 Å². The van der Waals surface area contributed by atoms with E-state index < -0.39 is 45.3 Å². The van der Waals surface area contributed by atoms with Crippen LogP contribution >= 0.6 is 0 Å². The lowest BCUT2D eigenvalue weighted by atomic mass is 9.45. The average Bonchev–Trinajstić information content (AvgIpc) is 2.92. The predicted molar refractivity (Wildman–Crippen MR) is 106 cm³/mol. The molecule has 3 fully saturated rings. The van der Waals surface area contributed by atoms with Crippen molar-refractivity contribution in [3.8, 4) is 0 Å². The maximum Gasteiger partial charge on any atom is 0.397 e. The highest BCUT2D eigenvalue weighted by Gasteiger charge is 2.69. The molecule has 0 aliphatic heterocycles. The molecule has 30 heavy (non-hydrogen) atoms. The molecule has 8 nitrogen and oxygen atoms in total. The minimum Gasteiger partial charge on any atom is -0.388 e. The van der Waals surface area contributed by atoms with E-state index in [-0.39, 0.29) is 36.4 Å². The summed E-state index contributed by atoms with van der Waals surface area (Å²) in [5.74, 6) is -0.955. The quantitative estimate of drug-likeness (QED) is 0.558. The Bertz CT molecular complexity index is 910. The van der Waals surface area contributed by atoms with E-state index in [4.69, 9.17) is 4.18 Å². The summed E-state index contributed by atoms with van der Waals surface area (Å²) < 4.78 is 38.2. The van der Waals surface area contributed by atoms with Crippen LogP contribution in [0, 0.1) is 28.6 Å². The Morgan fingerprint density at radius 3 is 2.57 bits per heavy atom. The summed E-state index contributed by atoms with van der Waals surface area (Å²) in [5, 5.41) is 20.8. The Hall–Kier alpha value is -1.13. The number of fused-ring (bicyclic) bond motifs is 5. The van der Waals surface area contributed by atoms with Gasteiger partial charge >= 0.3 is 10.4 Å². The Morgan fingerprint density at radius 1 is 1.23 bits per heavy atom. The topological polar surface area (TPSA) is 138 Å². The molecule has 4 aliphatic carbocycles. The molecular weight excluding hydrogens is 412 g/mol. The number of hydrogen-bond donors (Lipinski definition) is 3. The number of carbonyl (C=O) groups is 2. The highest BCUT2D eigenvalue weighted by Crippen LogP contribution is 2.68. The molecule has 4 aliphatic rings. The number of carbonyl (C=O) groups excluding carboxylic acids is 2. The highest BCUT2D eigenvalue weighted by atomic mass is 32.3. The van der Waals surface area contributed by atoms with E-state index in [1.807, 2.05) is 6.92 Å². The smallest absolute Gasteiger partial charge is 0.388 e. The fraction of sp³-hybridized carbons (Fsp3) is 0.810. The van der Waals surface area contributed by atoms with Crippen molar-refractivity contribution < 1.29 is 37.0 Å². The lowest BCUT2D eigenvalue weighted by molar-refractivity contribution is -0.178. The second kappa shape index (κ2) is 6.93. The van der Waals surface area contributed by atoms with E-state index in [0.717, 1.165) is 5.57 Å². The molecular formula is C21H30O8S. The number of rotatable bonds is 4. The number of allylic oxidation sites excluding steroid dienone is 1. The van der Waals surface area contributed by atoms with Crippen molar-refractivity contribution in [1.29, 1.82) is 0 Å². The van der Waals surface area contributed by atoms with Gasteiger partial charge in [0.05, 0.1) is 6.10 Å². The van der Waals surface area contributed by atoms with Gasteiger partial charge in [-0.1, -0.05) is 19.4 Å². The molecule has 4 rings (SSSR count). The van der Waals surface area contributed by atoms with Crippen molar-refractivity contribution in [3.63, 3.8) is 0 Å². The monoisotopic (exact) mass is 442 g/mol. The first-order chi connectivity index (χ1) is 13.9. The van der Waals surface area contributed by atoms with Gasteiger partial charge in [0.15, 0.2) is 11.6 Å². The zero-order valence-electron chi connectivity index (χ0n) is 17.3. The third kappa shape index (κ3) is 3.04. The van der Waals surface area contributed by atoms with Crippen LogP contribution in [0.25, 0.3) is 0 Å². The van der Waals surface area contributed by atoms with E-state index in [0.29, 0.717) is 32.1 Å². The van der Waals surface area contributed by atoms with Gasteiger partial charge in [0.25, 0.3) is 0 Å². The maximum atomic E-state index is 12.5. The van der Waals surface area contributed by atoms with E-state index >= 15 is 0 Å². The number of aliphatic hydroxyl groups is 2. The molecule has 0 heterocycles. The van der Waals surface area contributed by atoms with Crippen LogP contribution in [0.15, 0.2) is 11.6 Å². The Kier molecular flexibility index (Phi) is 5.10. The van der Waals surface area contributed by atoms with Crippen LogP contribution in [0.3, 0.4) is 0 Å². The van der Waals surface area contributed by atoms with E-state index in [2.05, 4.69) is 0 Å². The second-order valence-electron chi connectivity index (χ2n) is 10.1. The van der Waals surface area contributed by atoms with Crippen molar-refractivity contribution in [1.82, 2.24) is 0 Å². The Balaban J connectivity index is 1.82. The van der Waals surface area contributed by atoms with Gasteiger partial charge in [-0.15, -0.1) is 0 Å². The van der Waals surface area contributed by atoms with Gasteiger partial charge in [-0.05, 0) is 67.8 Å². The molecule has 3 saturated carbocycles. The molecule has 0 amide bonds. The first-order valence-corrected chi connectivity index (χ1v) is 12.0. The number of ketones is 2. The third-order valence-corrected chi connectivity index (χ3v) is 9.37. The summed E-state index contributed by atoms with van der Waals surface area (Å²) in [5.41, 5.74) is -2.20. The van der Waals surface area contributed by atoms with Crippen LogP contribution in [-0.2, 0) is 24.2 Å². The molecule has 0 aromatic heterocycles. The summed E-state index contributed by atoms with van der Waals surface area (Å²) in [6, 6.07) is 0. The molecule has 0 spiro atoms. The van der Waals surface area contributed by atoms with Crippen LogP contribution in [0.5, 0.6) is 0 Å². The van der Waals surface area contributed by atoms with Crippen molar-refractivity contribution >= 4 is 22.0 Å². The van der Waals surface area contributed by atoms with Crippen molar-refractivity contribution in [2.24, 2.45) is 28.6 Å². The van der Waals surface area contributed by atoms with E-state index in [1.165, 1.54) is 0 Å². The average molecular weight is 443 g/mol. The van der Waals surface area contributed by atoms with Gasteiger partial charge in [-0.3, -0.25) is 14.1 Å². The van der Waals surface area contributed by atoms with Gasteiger partial charge in [0.1, 0.15) is 12.2 Å². The molecule has 0 saturated heterocycles. The van der Waals surface area contributed by atoms with E-state index in [9.17, 15) is 32.8 Å². The molecule has 0 aromatic rings. The summed E-state index contributed by atoms with van der Waals surface area (Å²) >= 11 is 0. The minimum absolute atomic E-state index is 0.0358. The largest absolute Gasteiger partial charge is 0.397 e. The molecule has 3 N–H and O–H groups in total. The molecule has 0 radical (unpaired) electrons. The van der Waals surface area contributed by atoms with Crippen molar-refractivity contribution in [2.75, 3.05) is 6.61 Å². The third-order valence-electron chi connectivity index (χ3n) is 8.88. The number of aliphatic hydroxyl groups excluding tert-OH is 1. The van der Waals surface area contributed by atoms with Gasteiger partial charge in [0, 0.05) is 11.8 Å². The fourth-order valence-corrected chi connectivity index (χ4v) is 7.99. The Morgan fingerprint density at radius 2 is 1.93 bits per heavy atom. The van der Waals surface area contributed by atoms with Crippen molar-refractivity contribution in [2.45, 2.75) is 70.5 Å². The van der Waals surface area contributed by atoms with Crippen LogP contribution in [0.4, 0.5) is 0 Å². The van der Waals surface area contributed by atoms with Crippen LogP contribution < -0.4 is 0 Å². The van der Waals surface area contributed by atoms with Crippen molar-refractivity contribution in [3.05, 3.63) is 11.6 Å². The molecule has 168 valence electrons. The summed E-state index contributed by atoms with van der Waals surface area (Å²) in [6.07, 6.45) is 3.93. The van der Waals surface area contributed by atoms with Crippen LogP contribution in [0.2, 0.25) is 0 Å². The standard InChI is InChI=1S/C21H30O8S/c1-19-7-5-13(23)9-12(19)3-4-14-15-6-8-21(25,17(24)11-22)20(15,2)10-16(18(14)19)29-30(26,27)28/h9,14-16,18,22,25H,3-8,10-11H2,1-2H3,(H,26,27,28)/t14-,15-,16-,18+,19-,20-,21-/m0/s1. The maximum absolute atomic E-state index is 12.5. The van der Waals surface area contributed by atoms with E-state index in [1.54, 1.807) is 13.0 Å². The summed E-state index contributed by atoms with van der Waals surface area (Å²) in [6.45, 7) is 3.02. The lowest BCUT2D eigenvalue weighted by Gasteiger charge is -2.60. The first kappa shape index (κ1) is 22.1. The van der Waals surface area contributed by atoms with Gasteiger partial charge < -0.3 is 10.2 Å². The zero-order valence-corrected chi connectivity index (χ0v) is 18.2. The minimum atomic E-state index is -4.77. The second-order valence-corrected chi connectivity index (χ2v) is 11.1. The van der Waals surface area contributed by atoms with Gasteiger partial charge in [0.2, 0.25) is 0 Å². The Labute approximate surface area is 176 Å². The summed E-state index contributed by atoms with van der Waals surface area (Å²) in [4.78, 5) is 24.5. The molecule has 9 heteroatoms. The molecule has 0 bridgehead atoms. The van der Waals surface area contributed by atoms with Crippen LogP contribution in [-0.4, -0.2) is 53.1 Å². The normalized spacial score (nSPS) is 45.9. The SMILES string of the molecule is C[C@]12CCC(=O)C=C1CC[C@@H]1[C@@H]2[C@@H](OS(=O)(=O)O)C[C@@]2(C)[C@H]1CC[C@]2(O)C(=O)CO. The molecule has 0 unspecified atom stereocenters. The lowest BCUT2D eigenvalue weighted by Crippen LogP contribution is -2.62. The van der Waals surface area contributed by atoms with Gasteiger partial charge in [-0.2, -0.15) is 8.42 Å². The zero-order chi connectivity index (χ0) is 22.1. The number of hydrogen-bond acceptors (Lipinski definition) is 7.